The molecule has 0 aromatic heterocycles. The predicted molar refractivity (Wildman–Crippen MR) is 60.6 cm³/mol. The Morgan fingerprint density at radius 2 is 1.86 bits per heavy atom. The van der Waals surface area contributed by atoms with Crippen molar-refractivity contribution in [2.45, 2.75) is 31.4 Å². The summed E-state index contributed by atoms with van der Waals surface area (Å²) >= 11 is 0. The number of hydrogen-bond acceptors (Lipinski definition) is 4. The van der Waals surface area contributed by atoms with E-state index in [9.17, 15) is 0 Å². The topological polar surface area (TPSA) is 39.7 Å². The molecule has 0 aliphatic carbocycles. The Bertz CT molecular complexity index is 138. The molecule has 0 radical (unpaired) electrons. The highest BCUT2D eigenvalue weighted by Gasteiger charge is 2.38. The van der Waals surface area contributed by atoms with Crippen molar-refractivity contribution in [1.82, 2.24) is 5.32 Å². The zero-order valence-electron chi connectivity index (χ0n) is 9.92. The highest BCUT2D eigenvalue weighted by atomic mass is 28.1. The van der Waals surface area contributed by atoms with Crippen molar-refractivity contribution in [3.8, 4) is 0 Å². The smallest absolute Gasteiger partial charge is 0.254 e. The van der Waals surface area contributed by atoms with E-state index in [1.54, 1.807) is 21.3 Å². The van der Waals surface area contributed by atoms with Gasteiger partial charge in [0.25, 0.3) is 5.91 Å². The molecule has 0 aromatic carbocycles. The van der Waals surface area contributed by atoms with Crippen LogP contribution < -0.4 is 5.32 Å². The van der Waals surface area contributed by atoms with Gasteiger partial charge in [0.2, 0.25) is 0 Å². The van der Waals surface area contributed by atoms with Gasteiger partial charge < -0.3 is 14.2 Å². The fourth-order valence-corrected chi connectivity index (χ4v) is 2.36. The molecular weight excluding hydrogens is 198 g/mol. The second-order valence-electron chi connectivity index (χ2n) is 3.14. The number of methoxy groups -OCH3 is 3. The molecule has 1 N–H and O–H groups in total. The average Bonchev–Trinajstić information content (AvgIpc) is 2.24. The minimum absolute atomic E-state index is 0.0456. The lowest BCUT2D eigenvalue weighted by Gasteiger charge is -2.37. The second kappa shape index (κ2) is 7.36. The van der Waals surface area contributed by atoms with Crippen LogP contribution in [0.4, 0.5) is 0 Å². The summed E-state index contributed by atoms with van der Waals surface area (Å²) in [6, 6.07) is 0.967. The molecule has 0 spiro atoms. The number of nitrogens with one attached hydrogen (secondary N) is 1. The lowest BCUT2D eigenvalue weighted by Crippen LogP contribution is -2.58. The molecule has 0 heterocycles. The van der Waals surface area contributed by atoms with Gasteiger partial charge in [-0.05, 0) is 19.0 Å². The Labute approximate surface area is 89.7 Å². The van der Waals surface area contributed by atoms with Crippen LogP contribution in [0.1, 0.15) is 13.3 Å². The summed E-state index contributed by atoms with van der Waals surface area (Å²) in [7, 11) is 6.01. The predicted octanol–water partition coefficient (Wildman–Crippen LogP) is -0.269. The molecule has 0 rings (SSSR count). The van der Waals surface area contributed by atoms with Gasteiger partial charge in [0.1, 0.15) is 6.10 Å². The molecule has 86 valence electrons. The van der Waals surface area contributed by atoms with Crippen LogP contribution in [0.3, 0.4) is 0 Å². The van der Waals surface area contributed by atoms with Gasteiger partial charge in [0, 0.05) is 31.6 Å². The molecule has 1 unspecified atom stereocenters. The van der Waals surface area contributed by atoms with E-state index in [-0.39, 0.29) is 6.10 Å². The fraction of sp³-hybridized carbons (Fsp3) is 1.00. The first kappa shape index (κ1) is 14.1. The first-order valence-corrected chi connectivity index (χ1v) is 6.50. The van der Waals surface area contributed by atoms with Crippen LogP contribution in [-0.4, -0.2) is 50.1 Å². The van der Waals surface area contributed by atoms with Crippen LogP contribution in [-0.2, 0) is 14.2 Å². The highest BCUT2D eigenvalue weighted by molar-refractivity contribution is 6.08. The van der Waals surface area contributed by atoms with Gasteiger partial charge in [-0.15, -0.1) is 0 Å². The molecular formula is C9H23NO3Si. The van der Waals surface area contributed by atoms with Crippen molar-refractivity contribution in [2.75, 3.05) is 27.9 Å². The third-order valence-corrected chi connectivity index (χ3v) is 3.05. The molecule has 0 aromatic rings. The Balaban J connectivity index is 4.47. The van der Waals surface area contributed by atoms with Crippen molar-refractivity contribution in [3.05, 3.63) is 0 Å². The third kappa shape index (κ3) is 3.32. The average molecular weight is 221 g/mol. The highest BCUT2D eigenvalue weighted by Crippen LogP contribution is 2.18. The van der Waals surface area contributed by atoms with Crippen LogP contribution in [0.25, 0.3) is 0 Å². The van der Waals surface area contributed by atoms with Crippen molar-refractivity contribution in [1.29, 1.82) is 0 Å². The van der Waals surface area contributed by atoms with Gasteiger partial charge in [-0.1, -0.05) is 6.92 Å². The quantitative estimate of drug-likeness (QED) is 0.452. The Kier molecular flexibility index (Phi) is 7.39. The van der Waals surface area contributed by atoms with Crippen LogP contribution in [0.2, 0.25) is 6.04 Å². The van der Waals surface area contributed by atoms with Crippen LogP contribution in [0.5, 0.6) is 0 Å². The van der Waals surface area contributed by atoms with Gasteiger partial charge in [0.15, 0.2) is 0 Å². The first-order valence-electron chi connectivity index (χ1n) is 5.08. The number of ether oxygens (including phenoxy) is 3. The van der Waals surface area contributed by atoms with E-state index in [2.05, 4.69) is 12.2 Å². The zero-order chi connectivity index (χ0) is 11.0. The largest absolute Gasteiger partial charge is 0.375 e. The van der Waals surface area contributed by atoms with E-state index in [0.29, 0.717) is 0 Å². The summed E-state index contributed by atoms with van der Waals surface area (Å²) in [5, 5.41) is 3.24. The van der Waals surface area contributed by atoms with E-state index in [1.165, 1.54) is 0 Å². The molecule has 0 saturated heterocycles. The van der Waals surface area contributed by atoms with Crippen LogP contribution in [0, 0.1) is 0 Å². The fourth-order valence-electron chi connectivity index (χ4n) is 1.49. The van der Waals surface area contributed by atoms with Crippen molar-refractivity contribution < 1.29 is 14.2 Å². The normalized spacial score (nSPS) is 14.6. The molecule has 5 heteroatoms. The minimum Gasteiger partial charge on any atom is -0.375 e. The van der Waals surface area contributed by atoms with Gasteiger partial charge >= 0.3 is 0 Å². The molecule has 4 nitrogen and oxygen atoms in total. The van der Waals surface area contributed by atoms with Gasteiger partial charge in [0.05, 0.1) is 0 Å². The van der Waals surface area contributed by atoms with E-state index < -0.39 is 5.91 Å². The summed E-state index contributed by atoms with van der Waals surface area (Å²) in [5.74, 6) is -0.785. The monoisotopic (exact) mass is 221 g/mol. The van der Waals surface area contributed by atoms with Gasteiger partial charge in [-0.3, -0.25) is 5.32 Å². The molecule has 0 fully saturated rings. The lowest BCUT2D eigenvalue weighted by atomic mass is 10.2. The molecule has 0 aliphatic rings. The Morgan fingerprint density at radius 1 is 1.29 bits per heavy atom. The standard InChI is InChI=1S/C9H23NO3Si/c1-5-6-10-9(12-3,13-4)8(7-14)11-2/h8,10H,5-7H2,1-4,14H3. The second-order valence-corrected chi connectivity index (χ2v) is 3.95. The molecule has 0 bridgehead atoms. The summed E-state index contributed by atoms with van der Waals surface area (Å²) in [6.45, 7) is 2.95. The number of hydrogen-bond donors (Lipinski definition) is 1. The van der Waals surface area contributed by atoms with Gasteiger partial charge in [-0.2, -0.15) is 0 Å². The zero-order valence-corrected chi connectivity index (χ0v) is 11.9. The van der Waals surface area contributed by atoms with E-state index in [1.807, 2.05) is 0 Å². The van der Waals surface area contributed by atoms with Crippen molar-refractivity contribution in [3.63, 3.8) is 0 Å². The van der Waals surface area contributed by atoms with E-state index >= 15 is 0 Å². The van der Waals surface area contributed by atoms with Crippen molar-refractivity contribution >= 4 is 10.2 Å². The summed E-state index contributed by atoms with van der Waals surface area (Å²) in [4.78, 5) is 0. The maximum absolute atomic E-state index is 5.40. The maximum atomic E-state index is 5.40. The van der Waals surface area contributed by atoms with E-state index in [0.717, 1.165) is 29.3 Å². The van der Waals surface area contributed by atoms with Crippen LogP contribution in [0.15, 0.2) is 0 Å². The molecule has 0 saturated carbocycles. The number of rotatable bonds is 8. The summed E-state index contributed by atoms with van der Waals surface area (Å²) in [6.07, 6.45) is 0.988. The van der Waals surface area contributed by atoms with Crippen LogP contribution >= 0.6 is 0 Å². The summed E-state index contributed by atoms with van der Waals surface area (Å²) in [5.41, 5.74) is 0. The van der Waals surface area contributed by atoms with Crippen molar-refractivity contribution in [2.24, 2.45) is 0 Å². The van der Waals surface area contributed by atoms with Gasteiger partial charge in [-0.25, -0.2) is 0 Å². The molecule has 0 amide bonds. The molecule has 1 atom stereocenters. The SMILES string of the molecule is CCCNC(OC)(OC)C(C[SiH3])OC. The lowest BCUT2D eigenvalue weighted by molar-refractivity contribution is -0.278. The Hall–Kier alpha value is 0.0569. The summed E-state index contributed by atoms with van der Waals surface area (Å²) < 4.78 is 16.2. The molecule has 14 heavy (non-hydrogen) atoms. The third-order valence-electron chi connectivity index (χ3n) is 2.31. The Morgan fingerprint density at radius 3 is 2.14 bits per heavy atom. The van der Waals surface area contributed by atoms with E-state index in [4.69, 9.17) is 14.2 Å². The first-order chi connectivity index (χ1) is 6.70. The minimum atomic E-state index is -0.785. The maximum Gasteiger partial charge on any atom is 0.254 e. The molecule has 0 aliphatic heterocycles.